The fraction of sp³-hybridized carbons (Fsp3) is 0. The number of hydrogen-bond acceptors (Lipinski definition) is 3. The molecule has 0 atom stereocenters. The van der Waals surface area contributed by atoms with Gasteiger partial charge in [0.2, 0.25) is 0 Å². The minimum Gasteiger partial charge on any atom is -0.506 e. The first kappa shape index (κ1) is 10.2. The Bertz CT molecular complexity index is 548. The Hall–Kier alpha value is -2.36. The number of nitrogens with zero attached hydrogens (tertiary/aromatic N) is 3. The number of aliphatic hydroxyl groups excluding tert-OH is 1. The van der Waals surface area contributed by atoms with Crippen LogP contribution in [0.25, 0.3) is 16.7 Å². The molecule has 0 radical (unpaired) electrons. The Morgan fingerprint density at radius 2 is 1.81 bits per heavy atom. The lowest BCUT2D eigenvalue weighted by molar-refractivity contribution is 0.431. The molecular weight excluding hydrogens is 202 g/mol. The summed E-state index contributed by atoms with van der Waals surface area (Å²) in [4.78, 5) is 1.34. The Balaban J connectivity index is 2.58. The summed E-state index contributed by atoms with van der Waals surface area (Å²) in [6.45, 7) is 7.02. The number of hydrogen-bond donors (Lipinski definition) is 1. The first-order valence-corrected chi connectivity index (χ1v) is 4.76. The third kappa shape index (κ3) is 1.72. The van der Waals surface area contributed by atoms with Gasteiger partial charge >= 0.3 is 0 Å². The van der Waals surface area contributed by atoms with Crippen LogP contribution >= 0.6 is 0 Å². The van der Waals surface area contributed by atoms with Gasteiger partial charge in [-0.15, -0.1) is 15.0 Å². The van der Waals surface area contributed by atoms with E-state index in [1.54, 1.807) is 12.2 Å². The van der Waals surface area contributed by atoms with Gasteiger partial charge in [-0.3, -0.25) is 0 Å². The topological polar surface area (TPSA) is 50.9 Å². The van der Waals surface area contributed by atoms with E-state index in [9.17, 15) is 5.11 Å². The van der Waals surface area contributed by atoms with Crippen molar-refractivity contribution in [1.82, 2.24) is 15.0 Å². The van der Waals surface area contributed by atoms with Crippen LogP contribution in [0.3, 0.4) is 0 Å². The average Bonchev–Trinajstić information content (AvgIpc) is 2.68. The highest BCUT2D eigenvalue weighted by molar-refractivity contribution is 5.75. The fourth-order valence-corrected chi connectivity index (χ4v) is 1.36. The van der Waals surface area contributed by atoms with Crippen molar-refractivity contribution in [3.63, 3.8) is 0 Å². The number of aliphatic hydroxyl groups is 1. The van der Waals surface area contributed by atoms with Crippen LogP contribution in [-0.4, -0.2) is 20.1 Å². The maximum atomic E-state index is 9.41. The van der Waals surface area contributed by atoms with Crippen LogP contribution in [0.4, 0.5) is 0 Å². The van der Waals surface area contributed by atoms with E-state index in [1.165, 1.54) is 4.80 Å². The highest BCUT2D eigenvalue weighted by atomic mass is 16.3. The van der Waals surface area contributed by atoms with Crippen LogP contribution < -0.4 is 0 Å². The molecule has 1 aromatic carbocycles. The van der Waals surface area contributed by atoms with Crippen molar-refractivity contribution in [3.8, 4) is 0 Å². The Morgan fingerprint density at radius 1 is 1.25 bits per heavy atom. The lowest BCUT2D eigenvalue weighted by Crippen LogP contribution is -2.02. The number of fused-ring (bicyclic) bond motifs is 1. The zero-order valence-electron chi connectivity index (χ0n) is 8.67. The van der Waals surface area contributed by atoms with Gasteiger partial charge in [-0.05, 0) is 18.2 Å². The normalized spacial score (nSPS) is 11.6. The molecule has 1 heterocycles. The molecule has 80 valence electrons. The standard InChI is InChI=1S/C12H11N3O/c1-3-6-12(9(2)16)15-13-10-7-4-5-8-11(10)14-15/h3-8,16H,1-2H2/b12-6+. The van der Waals surface area contributed by atoms with Crippen molar-refractivity contribution < 1.29 is 5.11 Å². The number of aromatic nitrogens is 3. The summed E-state index contributed by atoms with van der Waals surface area (Å²) in [5, 5.41) is 17.9. The van der Waals surface area contributed by atoms with E-state index in [0.717, 1.165) is 11.0 Å². The van der Waals surface area contributed by atoms with Gasteiger partial charge in [0, 0.05) is 0 Å². The number of allylic oxidation sites excluding steroid dienone is 3. The van der Waals surface area contributed by atoms with E-state index < -0.39 is 0 Å². The number of rotatable bonds is 3. The van der Waals surface area contributed by atoms with Crippen LogP contribution in [0, 0.1) is 0 Å². The van der Waals surface area contributed by atoms with Gasteiger partial charge in [-0.1, -0.05) is 31.4 Å². The van der Waals surface area contributed by atoms with Crippen molar-refractivity contribution in [2.75, 3.05) is 0 Å². The van der Waals surface area contributed by atoms with Crippen molar-refractivity contribution in [3.05, 3.63) is 55.3 Å². The molecule has 0 fully saturated rings. The Kier molecular flexibility index (Phi) is 2.55. The molecule has 0 amide bonds. The SMILES string of the molecule is C=C/C=C(\C(=C)O)n1nc2ccccc2n1. The van der Waals surface area contributed by atoms with E-state index in [2.05, 4.69) is 23.4 Å². The lowest BCUT2D eigenvalue weighted by Gasteiger charge is -2.01. The Morgan fingerprint density at radius 3 is 2.25 bits per heavy atom. The predicted octanol–water partition coefficient (Wildman–Crippen LogP) is 2.53. The first-order valence-electron chi connectivity index (χ1n) is 4.76. The predicted molar refractivity (Wildman–Crippen MR) is 63.8 cm³/mol. The van der Waals surface area contributed by atoms with Gasteiger partial charge in [0.25, 0.3) is 0 Å². The van der Waals surface area contributed by atoms with Crippen LogP contribution in [0.5, 0.6) is 0 Å². The van der Waals surface area contributed by atoms with Gasteiger partial charge in [-0.25, -0.2) is 0 Å². The minimum atomic E-state index is -0.0970. The molecule has 4 heteroatoms. The second-order valence-electron chi connectivity index (χ2n) is 3.21. The molecule has 0 unspecified atom stereocenters. The summed E-state index contributed by atoms with van der Waals surface area (Å²) >= 11 is 0. The molecule has 2 aromatic rings. The first-order chi connectivity index (χ1) is 7.72. The molecule has 0 aliphatic rings. The molecule has 1 aromatic heterocycles. The molecule has 0 spiro atoms. The maximum Gasteiger partial charge on any atom is 0.135 e. The molecule has 0 aliphatic heterocycles. The monoisotopic (exact) mass is 213 g/mol. The lowest BCUT2D eigenvalue weighted by atomic mass is 10.3. The summed E-state index contributed by atoms with van der Waals surface area (Å²) in [7, 11) is 0. The van der Waals surface area contributed by atoms with Gasteiger partial charge in [0.15, 0.2) is 0 Å². The van der Waals surface area contributed by atoms with Crippen molar-refractivity contribution in [2.45, 2.75) is 0 Å². The van der Waals surface area contributed by atoms with Crippen molar-refractivity contribution >= 4 is 16.7 Å². The smallest absolute Gasteiger partial charge is 0.135 e. The highest BCUT2D eigenvalue weighted by Gasteiger charge is 2.07. The van der Waals surface area contributed by atoms with Crippen LogP contribution in [0.15, 0.2) is 55.3 Å². The quantitative estimate of drug-likeness (QED) is 0.629. The van der Waals surface area contributed by atoms with Gasteiger partial charge < -0.3 is 5.11 Å². The van der Waals surface area contributed by atoms with Crippen molar-refractivity contribution in [2.24, 2.45) is 0 Å². The third-order valence-electron chi connectivity index (χ3n) is 2.07. The van der Waals surface area contributed by atoms with E-state index in [0.29, 0.717) is 5.70 Å². The van der Waals surface area contributed by atoms with Gasteiger partial charge in [-0.2, -0.15) is 0 Å². The summed E-state index contributed by atoms with van der Waals surface area (Å²) in [5.74, 6) is -0.0970. The molecule has 0 saturated heterocycles. The van der Waals surface area contributed by atoms with Gasteiger partial charge in [0.05, 0.1) is 0 Å². The fourth-order valence-electron chi connectivity index (χ4n) is 1.36. The summed E-state index contributed by atoms with van der Waals surface area (Å²) < 4.78 is 0. The third-order valence-corrected chi connectivity index (χ3v) is 2.07. The Labute approximate surface area is 92.8 Å². The molecule has 0 saturated carbocycles. The van der Waals surface area contributed by atoms with E-state index in [1.807, 2.05) is 24.3 Å². The summed E-state index contributed by atoms with van der Waals surface area (Å²) in [6, 6.07) is 7.47. The zero-order valence-corrected chi connectivity index (χ0v) is 8.67. The second-order valence-corrected chi connectivity index (χ2v) is 3.21. The zero-order chi connectivity index (χ0) is 11.5. The highest BCUT2D eigenvalue weighted by Crippen LogP contribution is 2.14. The molecule has 2 rings (SSSR count). The molecular formula is C12H11N3O. The van der Waals surface area contributed by atoms with E-state index >= 15 is 0 Å². The molecule has 1 N–H and O–H groups in total. The summed E-state index contributed by atoms with van der Waals surface area (Å²) in [6.07, 6.45) is 3.14. The second kappa shape index (κ2) is 4.02. The van der Waals surface area contributed by atoms with Crippen molar-refractivity contribution in [1.29, 1.82) is 0 Å². The van der Waals surface area contributed by atoms with Gasteiger partial charge in [0.1, 0.15) is 22.5 Å². The maximum absolute atomic E-state index is 9.41. The average molecular weight is 213 g/mol. The van der Waals surface area contributed by atoms with E-state index in [-0.39, 0.29) is 5.76 Å². The largest absolute Gasteiger partial charge is 0.506 e. The van der Waals surface area contributed by atoms with Crippen LogP contribution in [0.1, 0.15) is 0 Å². The molecule has 16 heavy (non-hydrogen) atoms. The molecule has 0 aliphatic carbocycles. The minimum absolute atomic E-state index is 0.0970. The summed E-state index contributed by atoms with van der Waals surface area (Å²) in [5.41, 5.74) is 1.93. The van der Waals surface area contributed by atoms with E-state index in [4.69, 9.17) is 0 Å². The van der Waals surface area contributed by atoms with Crippen LogP contribution in [0.2, 0.25) is 0 Å². The molecule has 4 nitrogen and oxygen atoms in total. The molecule has 0 bridgehead atoms. The van der Waals surface area contributed by atoms with Crippen LogP contribution in [-0.2, 0) is 0 Å². The number of benzene rings is 1.